The van der Waals surface area contributed by atoms with Crippen LogP contribution in [0.5, 0.6) is 0 Å². The van der Waals surface area contributed by atoms with Gasteiger partial charge in [0.1, 0.15) is 5.82 Å². The lowest BCUT2D eigenvalue weighted by molar-refractivity contribution is -0.122. The minimum atomic E-state index is -0.275. The number of rotatable bonds is 5. The third-order valence-corrected chi connectivity index (χ3v) is 4.71. The van der Waals surface area contributed by atoms with Crippen molar-refractivity contribution in [3.8, 4) is 0 Å². The van der Waals surface area contributed by atoms with Crippen molar-refractivity contribution in [1.29, 1.82) is 0 Å². The zero-order valence-electron chi connectivity index (χ0n) is 13.7. The number of aromatic amines is 1. The Hall–Kier alpha value is -2.73. The van der Waals surface area contributed by atoms with Crippen LogP contribution in [0, 0.1) is 5.92 Å². The van der Waals surface area contributed by atoms with Gasteiger partial charge in [-0.3, -0.25) is 9.78 Å². The smallest absolute Gasteiger partial charge is 0.228 e. The number of hydrogen-bond donors (Lipinski definition) is 3. The molecule has 1 amide bonds. The number of nitrogens with zero attached hydrogens (tertiary/aromatic N) is 2. The molecule has 2 aromatic heterocycles. The van der Waals surface area contributed by atoms with Crippen molar-refractivity contribution in [3.05, 3.63) is 60.2 Å². The Morgan fingerprint density at radius 3 is 2.76 bits per heavy atom. The number of imidazole rings is 1. The predicted octanol–water partition coefficient (Wildman–Crippen LogP) is 2.13. The zero-order valence-corrected chi connectivity index (χ0v) is 13.7. The van der Waals surface area contributed by atoms with Gasteiger partial charge in [-0.15, -0.1) is 0 Å². The maximum atomic E-state index is 12.5. The third-order valence-electron chi connectivity index (χ3n) is 4.71. The summed E-state index contributed by atoms with van der Waals surface area (Å²) in [5.41, 5.74) is 2.61. The van der Waals surface area contributed by atoms with Gasteiger partial charge in [-0.1, -0.05) is 18.2 Å². The fraction of sp³-hybridized carbons (Fsp3) is 0.316. The Bertz CT molecular complexity index is 838. The molecule has 1 aliphatic rings. The molecule has 1 fully saturated rings. The van der Waals surface area contributed by atoms with Crippen LogP contribution in [0.4, 0.5) is 0 Å². The number of amides is 1. The molecular weight excluding hydrogens is 316 g/mol. The highest BCUT2D eigenvalue weighted by atomic mass is 16.3. The van der Waals surface area contributed by atoms with Gasteiger partial charge in [0.25, 0.3) is 0 Å². The first-order chi connectivity index (χ1) is 12.2. The number of H-pyrrole nitrogens is 1. The summed E-state index contributed by atoms with van der Waals surface area (Å²) in [4.78, 5) is 24.5. The van der Waals surface area contributed by atoms with Crippen LogP contribution in [0.3, 0.4) is 0 Å². The number of benzene rings is 1. The molecule has 0 aliphatic heterocycles. The van der Waals surface area contributed by atoms with Gasteiger partial charge in [0.2, 0.25) is 5.91 Å². The van der Waals surface area contributed by atoms with E-state index < -0.39 is 0 Å². The molecule has 3 aromatic rings. The fourth-order valence-corrected chi connectivity index (χ4v) is 3.36. The van der Waals surface area contributed by atoms with Crippen molar-refractivity contribution in [2.75, 3.05) is 0 Å². The van der Waals surface area contributed by atoms with Crippen LogP contribution in [0.15, 0.2) is 48.7 Å². The monoisotopic (exact) mass is 336 g/mol. The molecule has 3 N–H and O–H groups in total. The van der Waals surface area contributed by atoms with Crippen LogP contribution in [0.1, 0.15) is 30.4 Å². The second kappa shape index (κ2) is 6.64. The molecule has 1 aromatic carbocycles. The van der Waals surface area contributed by atoms with Crippen molar-refractivity contribution in [1.82, 2.24) is 20.3 Å². The highest BCUT2D eigenvalue weighted by molar-refractivity contribution is 5.80. The Kier molecular flexibility index (Phi) is 4.19. The average molecular weight is 336 g/mol. The summed E-state index contributed by atoms with van der Waals surface area (Å²) in [6.07, 6.45) is 3.01. The lowest BCUT2D eigenvalue weighted by Crippen LogP contribution is -2.42. The lowest BCUT2D eigenvalue weighted by atomic mass is 9.76. The number of carbonyl (C=O) groups is 1. The van der Waals surface area contributed by atoms with Crippen molar-refractivity contribution in [3.63, 3.8) is 0 Å². The number of para-hydroxylation sites is 2. The van der Waals surface area contributed by atoms with Gasteiger partial charge in [-0.2, -0.15) is 0 Å². The summed E-state index contributed by atoms with van der Waals surface area (Å²) < 4.78 is 0. The van der Waals surface area contributed by atoms with Gasteiger partial charge in [-0.05, 0) is 43.0 Å². The topological polar surface area (TPSA) is 90.9 Å². The molecule has 6 heteroatoms. The molecule has 0 unspecified atom stereocenters. The number of aromatic nitrogens is 3. The van der Waals surface area contributed by atoms with E-state index in [0.717, 1.165) is 16.7 Å². The summed E-state index contributed by atoms with van der Waals surface area (Å²) in [6.45, 7) is 0. The Morgan fingerprint density at radius 2 is 2.04 bits per heavy atom. The normalized spacial score (nSPS) is 20.8. The standard InChI is InChI=1S/C19H20N4O2/c24-13-9-12(10-13)19(16-7-3-4-8-20-16)23-18(25)11-17-21-14-5-1-2-6-15(14)22-17/h1-8,12-13,19,24H,9-11H2,(H,21,22)(H,23,25)/t12?,13?,19-/m0/s1. The van der Waals surface area contributed by atoms with Gasteiger partial charge >= 0.3 is 0 Å². The quantitative estimate of drug-likeness (QED) is 0.666. The van der Waals surface area contributed by atoms with Gasteiger partial charge in [0, 0.05) is 6.20 Å². The summed E-state index contributed by atoms with van der Waals surface area (Å²) in [7, 11) is 0. The second-order valence-electron chi connectivity index (χ2n) is 6.56. The number of pyridine rings is 1. The molecule has 0 bridgehead atoms. The molecule has 4 rings (SSSR count). The third kappa shape index (κ3) is 3.39. The molecule has 2 heterocycles. The van der Waals surface area contributed by atoms with E-state index in [4.69, 9.17) is 0 Å². The number of aliphatic hydroxyl groups excluding tert-OH is 1. The molecule has 25 heavy (non-hydrogen) atoms. The van der Waals surface area contributed by atoms with Gasteiger partial charge in [-0.25, -0.2) is 4.98 Å². The predicted molar refractivity (Wildman–Crippen MR) is 93.6 cm³/mol. The van der Waals surface area contributed by atoms with Crippen molar-refractivity contribution >= 4 is 16.9 Å². The molecule has 1 saturated carbocycles. The minimum Gasteiger partial charge on any atom is -0.393 e. The molecule has 1 atom stereocenters. The Labute approximate surface area is 145 Å². The molecule has 0 saturated heterocycles. The summed E-state index contributed by atoms with van der Waals surface area (Å²) in [5, 5.41) is 12.7. The second-order valence-corrected chi connectivity index (χ2v) is 6.56. The van der Waals surface area contributed by atoms with Gasteiger partial charge in [0.15, 0.2) is 0 Å². The van der Waals surface area contributed by atoms with Crippen molar-refractivity contribution in [2.24, 2.45) is 5.92 Å². The molecule has 1 aliphatic carbocycles. The fourth-order valence-electron chi connectivity index (χ4n) is 3.36. The Balaban J connectivity index is 1.48. The largest absolute Gasteiger partial charge is 0.393 e. The van der Waals surface area contributed by atoms with E-state index in [1.165, 1.54) is 0 Å². The first-order valence-corrected chi connectivity index (χ1v) is 8.51. The molecular formula is C19H20N4O2. The van der Waals surface area contributed by atoms with Crippen LogP contribution < -0.4 is 5.32 Å². The van der Waals surface area contributed by atoms with E-state index in [1.807, 2.05) is 42.5 Å². The number of hydrogen-bond acceptors (Lipinski definition) is 4. The number of carbonyl (C=O) groups excluding carboxylic acids is 1. The van der Waals surface area contributed by atoms with Crippen LogP contribution in [0.25, 0.3) is 11.0 Å². The number of fused-ring (bicyclic) bond motifs is 1. The van der Waals surface area contributed by atoms with Gasteiger partial charge in [0.05, 0.1) is 35.3 Å². The van der Waals surface area contributed by atoms with E-state index in [1.54, 1.807) is 6.20 Å². The van der Waals surface area contributed by atoms with E-state index in [2.05, 4.69) is 20.3 Å². The van der Waals surface area contributed by atoms with Crippen LogP contribution >= 0.6 is 0 Å². The highest BCUT2D eigenvalue weighted by Gasteiger charge is 2.36. The molecule has 6 nitrogen and oxygen atoms in total. The first kappa shape index (κ1) is 15.8. The summed E-state index contributed by atoms with van der Waals surface area (Å²) in [6, 6.07) is 13.2. The van der Waals surface area contributed by atoms with Crippen molar-refractivity contribution < 1.29 is 9.90 Å². The van der Waals surface area contributed by atoms with E-state index >= 15 is 0 Å². The first-order valence-electron chi connectivity index (χ1n) is 8.51. The van der Waals surface area contributed by atoms with E-state index in [0.29, 0.717) is 18.7 Å². The SMILES string of the molecule is O=C(Cc1nc2ccccc2[nH]1)N[C@H](c1ccccn1)C1CC(O)C1. The van der Waals surface area contributed by atoms with E-state index in [-0.39, 0.29) is 30.4 Å². The molecule has 128 valence electrons. The maximum absolute atomic E-state index is 12.5. The maximum Gasteiger partial charge on any atom is 0.228 e. The lowest BCUT2D eigenvalue weighted by Gasteiger charge is -2.37. The summed E-state index contributed by atoms with van der Waals surface area (Å²) in [5.74, 6) is 0.757. The zero-order chi connectivity index (χ0) is 17.2. The Morgan fingerprint density at radius 1 is 1.24 bits per heavy atom. The molecule has 0 radical (unpaired) electrons. The van der Waals surface area contributed by atoms with Crippen LogP contribution in [-0.2, 0) is 11.2 Å². The highest BCUT2D eigenvalue weighted by Crippen LogP contribution is 2.37. The average Bonchev–Trinajstić information content (AvgIpc) is 3.00. The van der Waals surface area contributed by atoms with E-state index in [9.17, 15) is 9.90 Å². The number of nitrogens with one attached hydrogen (secondary N) is 2. The van der Waals surface area contributed by atoms with Crippen LogP contribution in [0.2, 0.25) is 0 Å². The van der Waals surface area contributed by atoms with Crippen molar-refractivity contribution in [2.45, 2.75) is 31.4 Å². The molecule has 0 spiro atoms. The minimum absolute atomic E-state index is 0.101. The van der Waals surface area contributed by atoms with Crippen LogP contribution in [-0.4, -0.2) is 32.1 Å². The summed E-state index contributed by atoms with van der Waals surface area (Å²) >= 11 is 0. The number of aliphatic hydroxyl groups is 1. The van der Waals surface area contributed by atoms with Gasteiger partial charge < -0.3 is 15.4 Å².